The number of halogens is 1. The molecule has 7 nitrogen and oxygen atoms in total. The Kier molecular flexibility index (Phi) is 5.41. The molecule has 1 aliphatic rings. The Morgan fingerprint density at radius 3 is 2.68 bits per heavy atom. The minimum absolute atomic E-state index is 0.0309. The fraction of sp³-hybridized carbons (Fsp3) is 0.304. The molecule has 0 unspecified atom stereocenters. The number of fused-ring (bicyclic) bond motifs is 1. The quantitative estimate of drug-likeness (QED) is 0.652. The summed E-state index contributed by atoms with van der Waals surface area (Å²) in [4.78, 5) is 21.5. The zero-order valence-electron chi connectivity index (χ0n) is 17.3. The molecule has 1 aliphatic heterocycles. The van der Waals surface area contributed by atoms with Crippen LogP contribution in [0.3, 0.4) is 0 Å². The SMILES string of the molecule is C[C@@H]1CN(c2c(C#N)c(=O)n(C)c3ccc(C#N)nc23)CCN1Cc1cccc(F)c1. The lowest BCUT2D eigenvalue weighted by Gasteiger charge is -2.41. The maximum atomic E-state index is 13.5. The highest BCUT2D eigenvalue weighted by Gasteiger charge is 2.29. The number of aryl methyl sites for hydroxylation is 1. The van der Waals surface area contributed by atoms with E-state index in [0.717, 1.165) is 5.56 Å². The number of pyridine rings is 2. The number of benzene rings is 1. The summed E-state index contributed by atoms with van der Waals surface area (Å²) in [6.07, 6.45) is 0. The van der Waals surface area contributed by atoms with Crippen LogP contribution in [0.25, 0.3) is 11.0 Å². The van der Waals surface area contributed by atoms with E-state index in [1.165, 1.54) is 16.7 Å². The lowest BCUT2D eigenvalue weighted by Crippen LogP contribution is -2.52. The number of rotatable bonds is 3. The zero-order valence-corrected chi connectivity index (χ0v) is 17.3. The second-order valence-corrected chi connectivity index (χ2v) is 7.77. The smallest absolute Gasteiger partial charge is 0.270 e. The van der Waals surface area contributed by atoms with Crippen molar-refractivity contribution in [1.29, 1.82) is 10.5 Å². The molecule has 0 bridgehead atoms. The van der Waals surface area contributed by atoms with Crippen molar-refractivity contribution in [2.45, 2.75) is 19.5 Å². The van der Waals surface area contributed by atoms with Crippen LogP contribution in [-0.2, 0) is 13.6 Å². The third-order valence-electron chi connectivity index (χ3n) is 5.80. The summed E-state index contributed by atoms with van der Waals surface area (Å²) in [5.74, 6) is -0.256. The van der Waals surface area contributed by atoms with Crippen LogP contribution in [0.1, 0.15) is 23.7 Å². The van der Waals surface area contributed by atoms with E-state index in [0.29, 0.717) is 42.9 Å². The van der Waals surface area contributed by atoms with Gasteiger partial charge in [-0.1, -0.05) is 12.1 Å². The number of hydrogen-bond acceptors (Lipinski definition) is 6. The molecule has 1 aromatic carbocycles. The molecule has 0 N–H and O–H groups in total. The summed E-state index contributed by atoms with van der Waals surface area (Å²) in [6, 6.07) is 14.0. The van der Waals surface area contributed by atoms with Gasteiger partial charge in [-0.15, -0.1) is 0 Å². The second-order valence-electron chi connectivity index (χ2n) is 7.77. The summed E-state index contributed by atoms with van der Waals surface area (Å²) in [6.45, 7) is 4.51. The summed E-state index contributed by atoms with van der Waals surface area (Å²) in [5.41, 5.74) is 2.31. The summed E-state index contributed by atoms with van der Waals surface area (Å²) >= 11 is 0. The Balaban J connectivity index is 1.71. The van der Waals surface area contributed by atoms with Gasteiger partial charge in [-0.2, -0.15) is 10.5 Å². The fourth-order valence-electron chi connectivity index (χ4n) is 4.17. The molecule has 1 fully saturated rings. The Labute approximate surface area is 179 Å². The van der Waals surface area contributed by atoms with Gasteiger partial charge in [0, 0.05) is 39.3 Å². The van der Waals surface area contributed by atoms with E-state index >= 15 is 0 Å². The highest BCUT2D eigenvalue weighted by atomic mass is 19.1. The second kappa shape index (κ2) is 8.17. The Bertz CT molecular complexity index is 1300. The Morgan fingerprint density at radius 2 is 2.00 bits per heavy atom. The van der Waals surface area contributed by atoms with E-state index < -0.39 is 0 Å². The molecule has 0 saturated carbocycles. The van der Waals surface area contributed by atoms with E-state index in [-0.39, 0.29) is 28.7 Å². The van der Waals surface area contributed by atoms with Crippen molar-refractivity contribution < 1.29 is 4.39 Å². The molecule has 156 valence electrons. The summed E-state index contributed by atoms with van der Waals surface area (Å²) < 4.78 is 14.9. The van der Waals surface area contributed by atoms with Gasteiger partial charge in [-0.25, -0.2) is 9.37 Å². The van der Waals surface area contributed by atoms with Gasteiger partial charge < -0.3 is 9.47 Å². The zero-order chi connectivity index (χ0) is 22.1. The van der Waals surface area contributed by atoms with E-state index in [1.54, 1.807) is 25.2 Å². The van der Waals surface area contributed by atoms with Crippen molar-refractivity contribution in [2.24, 2.45) is 7.05 Å². The first kappa shape index (κ1) is 20.5. The highest BCUT2D eigenvalue weighted by molar-refractivity contribution is 5.92. The van der Waals surface area contributed by atoms with E-state index in [1.807, 2.05) is 17.0 Å². The van der Waals surface area contributed by atoms with E-state index in [2.05, 4.69) is 22.9 Å². The van der Waals surface area contributed by atoms with Crippen LogP contribution < -0.4 is 10.5 Å². The van der Waals surface area contributed by atoms with Crippen LogP contribution in [0.15, 0.2) is 41.2 Å². The first-order valence-corrected chi connectivity index (χ1v) is 10.00. The van der Waals surface area contributed by atoms with Crippen LogP contribution in [0, 0.1) is 28.5 Å². The Hall–Kier alpha value is -3.75. The average Bonchev–Trinajstić information content (AvgIpc) is 2.77. The predicted octanol–water partition coefficient (Wildman–Crippen LogP) is 2.53. The van der Waals surface area contributed by atoms with Gasteiger partial charge in [-0.05, 0) is 36.8 Å². The Morgan fingerprint density at radius 1 is 1.19 bits per heavy atom. The molecule has 3 aromatic rings. The monoisotopic (exact) mass is 416 g/mol. The van der Waals surface area contributed by atoms with Gasteiger partial charge in [0.2, 0.25) is 0 Å². The number of nitrogens with zero attached hydrogens (tertiary/aromatic N) is 6. The highest BCUT2D eigenvalue weighted by Crippen LogP contribution is 2.29. The van der Waals surface area contributed by atoms with Crippen molar-refractivity contribution >= 4 is 16.7 Å². The number of nitriles is 2. The van der Waals surface area contributed by atoms with E-state index in [4.69, 9.17) is 0 Å². The van der Waals surface area contributed by atoms with Crippen molar-refractivity contribution in [3.63, 3.8) is 0 Å². The third kappa shape index (κ3) is 3.74. The normalized spacial score (nSPS) is 16.8. The molecule has 31 heavy (non-hydrogen) atoms. The molecule has 0 aliphatic carbocycles. The van der Waals surface area contributed by atoms with E-state index in [9.17, 15) is 19.7 Å². The molecule has 2 aromatic heterocycles. The van der Waals surface area contributed by atoms with Crippen molar-refractivity contribution in [2.75, 3.05) is 24.5 Å². The maximum absolute atomic E-state index is 13.5. The minimum Gasteiger partial charge on any atom is -0.366 e. The lowest BCUT2D eigenvalue weighted by molar-refractivity contribution is 0.181. The number of anilines is 1. The molecule has 3 heterocycles. The first-order valence-electron chi connectivity index (χ1n) is 10.00. The molecule has 0 radical (unpaired) electrons. The van der Waals surface area contributed by atoms with Gasteiger partial charge in [0.15, 0.2) is 0 Å². The van der Waals surface area contributed by atoms with Gasteiger partial charge in [-0.3, -0.25) is 9.69 Å². The predicted molar refractivity (Wildman–Crippen MR) is 115 cm³/mol. The van der Waals surface area contributed by atoms with Crippen molar-refractivity contribution in [3.05, 3.63) is 69.4 Å². The van der Waals surface area contributed by atoms with Crippen LogP contribution in [-0.4, -0.2) is 40.1 Å². The standard InChI is InChI=1S/C23H21FN6O/c1-15-13-30(9-8-29(15)14-16-4-3-5-17(24)10-16)22-19(12-26)23(31)28(2)20-7-6-18(11-25)27-21(20)22/h3-7,10,15H,8-9,13-14H2,1-2H3/t15-/m1/s1. The fourth-order valence-corrected chi connectivity index (χ4v) is 4.17. The van der Waals surface area contributed by atoms with Crippen LogP contribution >= 0.6 is 0 Å². The number of aromatic nitrogens is 2. The molecule has 8 heteroatoms. The molecule has 1 saturated heterocycles. The number of piperazine rings is 1. The molecular formula is C23H21FN6O. The van der Waals surface area contributed by atoms with Crippen LogP contribution in [0.4, 0.5) is 10.1 Å². The lowest BCUT2D eigenvalue weighted by atomic mass is 10.1. The van der Waals surface area contributed by atoms with Crippen molar-refractivity contribution in [1.82, 2.24) is 14.5 Å². The largest absolute Gasteiger partial charge is 0.366 e. The summed E-state index contributed by atoms with van der Waals surface area (Å²) in [7, 11) is 1.60. The van der Waals surface area contributed by atoms with Gasteiger partial charge in [0.05, 0.1) is 11.2 Å². The molecule has 0 amide bonds. The average molecular weight is 416 g/mol. The van der Waals surface area contributed by atoms with Gasteiger partial charge in [0.25, 0.3) is 5.56 Å². The van der Waals surface area contributed by atoms with Gasteiger partial charge >= 0.3 is 0 Å². The minimum atomic E-state index is -0.383. The number of hydrogen-bond donors (Lipinski definition) is 0. The molecular weight excluding hydrogens is 395 g/mol. The third-order valence-corrected chi connectivity index (χ3v) is 5.80. The first-order chi connectivity index (χ1) is 14.9. The molecule has 0 spiro atoms. The van der Waals surface area contributed by atoms with Crippen LogP contribution in [0.2, 0.25) is 0 Å². The van der Waals surface area contributed by atoms with Gasteiger partial charge in [0.1, 0.15) is 34.7 Å². The topological polar surface area (TPSA) is 88.9 Å². The summed E-state index contributed by atoms with van der Waals surface area (Å²) in [5, 5.41) is 19.0. The molecule has 1 atom stereocenters. The van der Waals surface area contributed by atoms with Crippen molar-refractivity contribution in [3.8, 4) is 12.1 Å². The maximum Gasteiger partial charge on any atom is 0.270 e. The molecule has 4 rings (SSSR count). The van der Waals surface area contributed by atoms with Crippen LogP contribution in [0.5, 0.6) is 0 Å².